The second kappa shape index (κ2) is 6.80. The van der Waals surface area contributed by atoms with Crippen LogP contribution in [0.1, 0.15) is 48.7 Å². The number of piperazine rings is 1. The molecule has 0 bridgehead atoms. The Labute approximate surface area is 147 Å². The van der Waals surface area contributed by atoms with Crippen molar-refractivity contribution in [3.63, 3.8) is 0 Å². The van der Waals surface area contributed by atoms with Crippen LogP contribution in [0, 0.1) is 6.92 Å². The third kappa shape index (κ3) is 3.32. The van der Waals surface area contributed by atoms with Crippen LogP contribution in [0.15, 0.2) is 6.20 Å². The van der Waals surface area contributed by atoms with E-state index in [1.165, 1.54) is 48.5 Å². The first-order valence-corrected chi connectivity index (χ1v) is 9.76. The molecule has 2 fully saturated rings. The lowest BCUT2D eigenvalue weighted by molar-refractivity contribution is 0.248. The van der Waals surface area contributed by atoms with Gasteiger partial charge in [-0.2, -0.15) is 9.47 Å². The largest absolute Gasteiger partial charge is 0.344 e. The van der Waals surface area contributed by atoms with Gasteiger partial charge in [0.05, 0.1) is 5.69 Å². The molecule has 0 unspecified atom stereocenters. The van der Waals surface area contributed by atoms with Crippen LogP contribution in [0.25, 0.3) is 0 Å². The van der Waals surface area contributed by atoms with Crippen molar-refractivity contribution in [1.82, 2.24) is 24.0 Å². The van der Waals surface area contributed by atoms with E-state index in [0.29, 0.717) is 5.92 Å². The van der Waals surface area contributed by atoms with E-state index in [9.17, 15) is 0 Å². The van der Waals surface area contributed by atoms with E-state index >= 15 is 0 Å². The summed E-state index contributed by atoms with van der Waals surface area (Å²) in [5, 5.41) is 5.86. The summed E-state index contributed by atoms with van der Waals surface area (Å²) >= 11 is 1.52. The molecule has 0 spiro atoms. The predicted octanol–water partition coefficient (Wildman–Crippen LogP) is 2.56. The smallest absolute Gasteiger partial charge is 0.205 e. The number of aryl methyl sites for hydroxylation is 2. The third-order valence-electron chi connectivity index (χ3n) is 5.23. The molecule has 0 atom stereocenters. The van der Waals surface area contributed by atoms with E-state index in [1.807, 2.05) is 11.6 Å². The molecule has 3 heterocycles. The topological polar surface area (TPSA) is 50.1 Å². The average molecular weight is 347 g/mol. The summed E-state index contributed by atoms with van der Waals surface area (Å²) in [4.78, 5) is 9.43. The molecule has 7 heteroatoms. The second-order valence-corrected chi connectivity index (χ2v) is 7.81. The minimum absolute atomic E-state index is 0.687. The van der Waals surface area contributed by atoms with Crippen molar-refractivity contribution in [2.45, 2.75) is 45.1 Å². The minimum atomic E-state index is 0.687. The Morgan fingerprint density at radius 3 is 2.58 bits per heavy atom. The lowest BCUT2D eigenvalue weighted by atomic mass is 10.00. The Bertz CT molecular complexity index is 679. The van der Waals surface area contributed by atoms with Crippen LogP contribution in [0.3, 0.4) is 0 Å². The van der Waals surface area contributed by atoms with E-state index in [1.54, 1.807) is 0 Å². The fourth-order valence-electron chi connectivity index (χ4n) is 3.97. The maximum atomic E-state index is 4.79. The quantitative estimate of drug-likeness (QED) is 0.851. The molecule has 130 valence electrons. The minimum Gasteiger partial charge on any atom is -0.344 e. The maximum absolute atomic E-state index is 4.79. The van der Waals surface area contributed by atoms with Crippen molar-refractivity contribution in [3.05, 3.63) is 23.3 Å². The zero-order valence-corrected chi connectivity index (χ0v) is 15.4. The molecule has 2 aromatic heterocycles. The Morgan fingerprint density at radius 2 is 1.92 bits per heavy atom. The fourth-order valence-corrected chi connectivity index (χ4v) is 4.70. The molecule has 0 N–H and O–H groups in total. The zero-order chi connectivity index (χ0) is 16.5. The van der Waals surface area contributed by atoms with Gasteiger partial charge in [-0.25, -0.2) is 4.98 Å². The summed E-state index contributed by atoms with van der Waals surface area (Å²) in [5.74, 6) is 1.57. The average Bonchev–Trinajstić information content (AvgIpc) is 3.29. The van der Waals surface area contributed by atoms with E-state index in [0.717, 1.165) is 43.7 Å². The van der Waals surface area contributed by atoms with E-state index in [4.69, 9.17) is 5.10 Å². The van der Waals surface area contributed by atoms with Crippen molar-refractivity contribution >= 4 is 16.7 Å². The summed E-state index contributed by atoms with van der Waals surface area (Å²) in [6.07, 6.45) is 7.58. The Morgan fingerprint density at radius 1 is 1.17 bits per heavy atom. The number of aromatic nitrogens is 4. The molecule has 1 saturated heterocycles. The number of hydrogen-bond acceptors (Lipinski definition) is 6. The van der Waals surface area contributed by atoms with Crippen molar-refractivity contribution < 1.29 is 0 Å². The Kier molecular flexibility index (Phi) is 4.54. The van der Waals surface area contributed by atoms with Crippen molar-refractivity contribution in [1.29, 1.82) is 0 Å². The van der Waals surface area contributed by atoms with Crippen LogP contribution in [0.4, 0.5) is 5.13 Å². The highest BCUT2D eigenvalue weighted by Gasteiger charge is 2.25. The monoisotopic (exact) mass is 346 g/mol. The lowest BCUT2D eigenvalue weighted by Gasteiger charge is -2.34. The van der Waals surface area contributed by atoms with Gasteiger partial charge in [-0.3, -0.25) is 9.58 Å². The standard InChI is InChI=1S/C17H26N6S/c1-13-18-17(24-20-13)23-9-7-22(8-10-23)12-15-11-21(2)19-16(15)14-5-3-4-6-14/h11,14H,3-10,12H2,1-2H3. The maximum Gasteiger partial charge on any atom is 0.205 e. The Balaban J connectivity index is 1.39. The predicted molar refractivity (Wildman–Crippen MR) is 96.6 cm³/mol. The van der Waals surface area contributed by atoms with Crippen molar-refractivity contribution in [2.75, 3.05) is 31.1 Å². The van der Waals surface area contributed by atoms with Gasteiger partial charge in [-0.15, -0.1) is 0 Å². The van der Waals surface area contributed by atoms with Gasteiger partial charge in [-0.05, 0) is 19.8 Å². The SMILES string of the molecule is Cc1nsc(N2CCN(Cc3cn(C)nc3C3CCCC3)CC2)n1. The number of nitrogens with zero attached hydrogens (tertiary/aromatic N) is 6. The molecule has 0 amide bonds. The lowest BCUT2D eigenvalue weighted by Crippen LogP contribution is -2.46. The molecular formula is C17H26N6S. The van der Waals surface area contributed by atoms with E-state index in [-0.39, 0.29) is 0 Å². The molecular weight excluding hydrogens is 320 g/mol. The summed E-state index contributed by atoms with van der Waals surface area (Å²) in [6.45, 7) is 7.22. The van der Waals surface area contributed by atoms with Gasteiger partial charge in [0.1, 0.15) is 5.82 Å². The summed E-state index contributed by atoms with van der Waals surface area (Å²) in [5.41, 5.74) is 2.79. The molecule has 1 aliphatic carbocycles. The van der Waals surface area contributed by atoms with Gasteiger partial charge in [0, 0.05) is 69.0 Å². The summed E-state index contributed by atoms with van der Waals surface area (Å²) in [6, 6.07) is 0. The number of rotatable bonds is 4. The first-order valence-electron chi connectivity index (χ1n) is 8.99. The molecule has 6 nitrogen and oxygen atoms in total. The first-order chi connectivity index (χ1) is 11.7. The molecule has 2 aliphatic rings. The van der Waals surface area contributed by atoms with Crippen LogP contribution in [-0.4, -0.2) is 50.2 Å². The summed E-state index contributed by atoms with van der Waals surface area (Å²) in [7, 11) is 2.05. The number of anilines is 1. The fraction of sp³-hybridized carbons (Fsp3) is 0.706. The second-order valence-electron chi connectivity index (χ2n) is 7.08. The number of hydrogen-bond donors (Lipinski definition) is 0. The molecule has 1 aliphatic heterocycles. The van der Waals surface area contributed by atoms with Crippen LogP contribution in [0.2, 0.25) is 0 Å². The summed E-state index contributed by atoms with van der Waals surface area (Å²) < 4.78 is 6.30. The zero-order valence-electron chi connectivity index (χ0n) is 14.6. The molecule has 1 saturated carbocycles. The van der Waals surface area contributed by atoms with Gasteiger partial charge in [0.15, 0.2) is 0 Å². The molecule has 2 aromatic rings. The molecule has 0 radical (unpaired) electrons. The van der Waals surface area contributed by atoms with Crippen LogP contribution >= 0.6 is 11.5 Å². The highest BCUT2D eigenvalue weighted by Crippen LogP contribution is 2.35. The third-order valence-corrected chi connectivity index (χ3v) is 6.10. The van der Waals surface area contributed by atoms with Gasteiger partial charge in [0.25, 0.3) is 0 Å². The van der Waals surface area contributed by atoms with Crippen molar-refractivity contribution in [3.8, 4) is 0 Å². The molecule has 4 rings (SSSR count). The van der Waals surface area contributed by atoms with E-state index in [2.05, 4.69) is 32.4 Å². The van der Waals surface area contributed by atoms with Gasteiger partial charge < -0.3 is 4.90 Å². The first kappa shape index (κ1) is 16.0. The van der Waals surface area contributed by atoms with E-state index < -0.39 is 0 Å². The van der Waals surface area contributed by atoms with Gasteiger partial charge in [-0.1, -0.05) is 12.8 Å². The van der Waals surface area contributed by atoms with Gasteiger partial charge in [0.2, 0.25) is 5.13 Å². The van der Waals surface area contributed by atoms with Crippen LogP contribution < -0.4 is 4.90 Å². The van der Waals surface area contributed by atoms with Crippen LogP contribution in [-0.2, 0) is 13.6 Å². The van der Waals surface area contributed by atoms with Crippen molar-refractivity contribution in [2.24, 2.45) is 7.05 Å². The van der Waals surface area contributed by atoms with Crippen LogP contribution in [0.5, 0.6) is 0 Å². The molecule has 0 aromatic carbocycles. The normalized spacial score (nSPS) is 20.2. The molecule has 24 heavy (non-hydrogen) atoms. The Hall–Kier alpha value is -1.47. The van der Waals surface area contributed by atoms with Gasteiger partial charge >= 0.3 is 0 Å². The highest BCUT2D eigenvalue weighted by molar-refractivity contribution is 7.09. The highest BCUT2D eigenvalue weighted by atomic mass is 32.1.